The van der Waals surface area contributed by atoms with Crippen LogP contribution in [0.3, 0.4) is 0 Å². The van der Waals surface area contributed by atoms with Crippen molar-refractivity contribution in [2.45, 2.75) is 13.0 Å². The van der Waals surface area contributed by atoms with Crippen LogP contribution in [0.1, 0.15) is 17.3 Å². The predicted octanol–water partition coefficient (Wildman–Crippen LogP) is 3.46. The number of Topliss-reactive ketones (excluding diaryl/α,β-unsaturated/α-hetero) is 1. The summed E-state index contributed by atoms with van der Waals surface area (Å²) in [5.74, 6) is 0.150. The Kier molecular flexibility index (Phi) is 4.31. The number of carbonyl (C=O) groups is 1. The van der Waals surface area contributed by atoms with E-state index in [-0.39, 0.29) is 11.8 Å². The third-order valence-corrected chi connectivity index (χ3v) is 4.20. The molecule has 90 valence electrons. The van der Waals surface area contributed by atoms with Crippen molar-refractivity contribution in [3.05, 3.63) is 35.2 Å². The number of rotatable bonds is 5. The normalized spacial score (nSPS) is 12.8. The van der Waals surface area contributed by atoms with Gasteiger partial charge in [0.05, 0.1) is 6.04 Å². The Morgan fingerprint density at radius 2 is 2.29 bits per heavy atom. The fourth-order valence-electron chi connectivity index (χ4n) is 1.78. The Labute approximate surface area is 113 Å². The second kappa shape index (κ2) is 5.76. The van der Waals surface area contributed by atoms with E-state index in [1.54, 1.807) is 11.3 Å². The van der Waals surface area contributed by atoms with Gasteiger partial charge in [0, 0.05) is 15.6 Å². The lowest BCUT2D eigenvalue weighted by Gasteiger charge is -2.13. The maximum Gasteiger partial charge on any atom is 0.180 e. The second-order valence-electron chi connectivity index (χ2n) is 3.80. The van der Waals surface area contributed by atoms with E-state index >= 15 is 0 Å². The average molecular weight is 312 g/mol. The molecule has 0 aliphatic heterocycles. The van der Waals surface area contributed by atoms with Gasteiger partial charge < -0.3 is 5.32 Å². The third-order valence-electron chi connectivity index (χ3n) is 2.66. The van der Waals surface area contributed by atoms with E-state index in [1.165, 1.54) is 4.70 Å². The maximum absolute atomic E-state index is 12.2. The van der Waals surface area contributed by atoms with Crippen LogP contribution in [0, 0.1) is 0 Å². The molecule has 1 heterocycles. The van der Waals surface area contributed by atoms with Crippen molar-refractivity contribution in [1.82, 2.24) is 5.32 Å². The van der Waals surface area contributed by atoms with Crippen molar-refractivity contribution in [3.8, 4) is 0 Å². The first-order chi connectivity index (χ1) is 8.26. The van der Waals surface area contributed by atoms with Crippen LogP contribution in [-0.4, -0.2) is 23.7 Å². The predicted molar refractivity (Wildman–Crippen MR) is 77.4 cm³/mol. The van der Waals surface area contributed by atoms with Gasteiger partial charge in [0.15, 0.2) is 5.78 Å². The minimum absolute atomic E-state index is 0.143. The number of benzene rings is 1. The summed E-state index contributed by atoms with van der Waals surface area (Å²) >= 11 is 5.07. The maximum atomic E-state index is 12.2. The van der Waals surface area contributed by atoms with Crippen LogP contribution in [0.2, 0.25) is 0 Å². The molecule has 0 saturated carbocycles. The molecule has 2 aromatic rings. The molecule has 1 unspecified atom stereocenters. The van der Waals surface area contributed by atoms with Crippen LogP contribution >= 0.6 is 27.3 Å². The molecular weight excluding hydrogens is 298 g/mol. The van der Waals surface area contributed by atoms with Crippen LogP contribution in [0.25, 0.3) is 10.1 Å². The summed E-state index contributed by atoms with van der Waals surface area (Å²) in [6.45, 7) is 2.80. The highest BCUT2D eigenvalue weighted by Crippen LogP contribution is 2.22. The summed E-state index contributed by atoms with van der Waals surface area (Å²) < 4.78 is 1.22. The van der Waals surface area contributed by atoms with Gasteiger partial charge in [0.25, 0.3) is 0 Å². The molecule has 0 fully saturated rings. The Balaban J connectivity index is 2.28. The quantitative estimate of drug-likeness (QED) is 0.677. The van der Waals surface area contributed by atoms with E-state index in [9.17, 15) is 4.79 Å². The molecule has 0 saturated heterocycles. The van der Waals surface area contributed by atoms with Crippen molar-refractivity contribution in [1.29, 1.82) is 0 Å². The zero-order chi connectivity index (χ0) is 12.3. The summed E-state index contributed by atoms with van der Waals surface area (Å²) in [5.41, 5.74) is 0.779. The molecule has 0 aliphatic carbocycles. The molecule has 1 aromatic heterocycles. The highest BCUT2D eigenvalue weighted by molar-refractivity contribution is 9.09. The van der Waals surface area contributed by atoms with Gasteiger partial charge in [0.1, 0.15) is 0 Å². The number of carbonyl (C=O) groups excluding carboxylic acids is 1. The number of alkyl halides is 1. The molecule has 4 heteroatoms. The van der Waals surface area contributed by atoms with Gasteiger partial charge >= 0.3 is 0 Å². The molecule has 1 N–H and O–H groups in total. The fraction of sp³-hybridized carbons (Fsp3) is 0.308. The Morgan fingerprint density at radius 3 is 3.00 bits per heavy atom. The summed E-state index contributed by atoms with van der Waals surface area (Å²) in [6.07, 6.45) is 0. The van der Waals surface area contributed by atoms with Gasteiger partial charge in [-0.2, -0.15) is 0 Å². The van der Waals surface area contributed by atoms with Gasteiger partial charge in [-0.05, 0) is 41.6 Å². The van der Waals surface area contributed by atoms with Crippen LogP contribution in [0.4, 0.5) is 0 Å². The van der Waals surface area contributed by atoms with E-state index in [1.807, 2.05) is 36.6 Å². The van der Waals surface area contributed by atoms with Gasteiger partial charge in [-0.25, -0.2) is 0 Å². The largest absolute Gasteiger partial charge is 0.307 e. The van der Waals surface area contributed by atoms with E-state index in [0.29, 0.717) is 5.33 Å². The molecule has 2 nitrogen and oxygen atoms in total. The Morgan fingerprint density at radius 1 is 1.47 bits per heavy atom. The topological polar surface area (TPSA) is 29.1 Å². The minimum atomic E-state index is -0.143. The molecule has 1 atom stereocenters. The molecule has 0 amide bonds. The van der Waals surface area contributed by atoms with Crippen molar-refractivity contribution >= 4 is 43.1 Å². The van der Waals surface area contributed by atoms with Crippen molar-refractivity contribution < 1.29 is 4.79 Å². The zero-order valence-electron chi connectivity index (χ0n) is 9.57. The number of nitrogens with one attached hydrogen (secondary N) is 1. The first-order valence-corrected chi connectivity index (χ1v) is 7.57. The molecule has 0 bridgehead atoms. The minimum Gasteiger partial charge on any atom is -0.307 e. The SMILES string of the molecule is CCNC(CBr)C(=O)c1ccc2sccc2c1. The van der Waals surface area contributed by atoms with Gasteiger partial charge in [-0.15, -0.1) is 11.3 Å². The first kappa shape index (κ1) is 12.7. The molecule has 17 heavy (non-hydrogen) atoms. The third kappa shape index (κ3) is 2.76. The molecule has 0 aliphatic rings. The highest BCUT2D eigenvalue weighted by atomic mass is 79.9. The number of hydrogen-bond acceptors (Lipinski definition) is 3. The Bertz CT molecular complexity index is 523. The van der Waals surface area contributed by atoms with Crippen molar-refractivity contribution in [3.63, 3.8) is 0 Å². The highest BCUT2D eigenvalue weighted by Gasteiger charge is 2.17. The first-order valence-electron chi connectivity index (χ1n) is 5.57. The van der Waals surface area contributed by atoms with Crippen molar-refractivity contribution in [2.75, 3.05) is 11.9 Å². The number of likely N-dealkylation sites (N-methyl/N-ethyl adjacent to an activating group) is 1. The van der Waals surface area contributed by atoms with E-state index in [0.717, 1.165) is 17.5 Å². The summed E-state index contributed by atoms with van der Waals surface area (Å²) in [6, 6.07) is 7.81. The average Bonchev–Trinajstić information content (AvgIpc) is 2.82. The van der Waals surface area contributed by atoms with E-state index < -0.39 is 0 Å². The molecule has 2 rings (SSSR count). The number of thiophene rings is 1. The summed E-state index contributed by atoms with van der Waals surface area (Å²) in [5, 5.41) is 7.01. The van der Waals surface area contributed by atoms with Gasteiger partial charge in [0.2, 0.25) is 0 Å². The second-order valence-corrected chi connectivity index (χ2v) is 5.40. The van der Waals surface area contributed by atoms with Crippen LogP contribution in [-0.2, 0) is 0 Å². The molecule has 0 spiro atoms. The van der Waals surface area contributed by atoms with E-state index in [2.05, 4.69) is 21.2 Å². The summed E-state index contributed by atoms with van der Waals surface area (Å²) in [4.78, 5) is 12.2. The monoisotopic (exact) mass is 311 g/mol. The van der Waals surface area contributed by atoms with Gasteiger partial charge in [-0.3, -0.25) is 4.79 Å². The molecular formula is C13H14BrNOS. The number of halogens is 1. The van der Waals surface area contributed by atoms with Crippen LogP contribution < -0.4 is 5.32 Å². The number of hydrogen-bond donors (Lipinski definition) is 1. The Hall–Kier alpha value is -0.710. The van der Waals surface area contributed by atoms with Gasteiger partial charge in [-0.1, -0.05) is 22.9 Å². The standard InChI is InChI=1S/C13H14BrNOS/c1-2-15-11(8-14)13(16)10-3-4-12-9(7-10)5-6-17-12/h3-7,11,15H,2,8H2,1H3. The number of ketones is 1. The lowest BCUT2D eigenvalue weighted by molar-refractivity contribution is 0.0955. The lowest BCUT2D eigenvalue weighted by Crippen LogP contribution is -2.38. The summed E-state index contributed by atoms with van der Waals surface area (Å²) in [7, 11) is 0. The smallest absolute Gasteiger partial charge is 0.180 e. The molecule has 1 aromatic carbocycles. The number of fused-ring (bicyclic) bond motifs is 1. The van der Waals surface area contributed by atoms with Crippen molar-refractivity contribution in [2.24, 2.45) is 0 Å². The lowest BCUT2D eigenvalue weighted by atomic mass is 10.0. The fourth-order valence-corrected chi connectivity index (χ4v) is 3.08. The van der Waals surface area contributed by atoms with Crippen LogP contribution in [0.15, 0.2) is 29.6 Å². The van der Waals surface area contributed by atoms with E-state index in [4.69, 9.17) is 0 Å². The zero-order valence-corrected chi connectivity index (χ0v) is 12.0. The van der Waals surface area contributed by atoms with Crippen LogP contribution in [0.5, 0.6) is 0 Å². The molecule has 0 radical (unpaired) electrons.